The molecule has 246 valence electrons. The predicted molar refractivity (Wildman–Crippen MR) is 126 cm³/mol. The second-order valence-corrected chi connectivity index (χ2v) is 9.29. The summed E-state index contributed by atoms with van der Waals surface area (Å²) in [5.74, 6) is -35.7. The van der Waals surface area contributed by atoms with Crippen LogP contribution in [0.25, 0.3) is 16.7 Å². The van der Waals surface area contributed by atoms with E-state index in [2.05, 4.69) is 0 Å². The van der Waals surface area contributed by atoms with Crippen LogP contribution in [0.4, 0.5) is 70.2 Å². The van der Waals surface area contributed by atoms with Crippen molar-refractivity contribution in [2.45, 2.75) is 13.1 Å². The molecule has 0 saturated heterocycles. The third-order valence-corrected chi connectivity index (χ3v) is 6.76. The summed E-state index contributed by atoms with van der Waals surface area (Å²) < 4.78 is 228. The summed E-state index contributed by atoms with van der Waals surface area (Å²) in [6, 6.07) is 2.52. The number of rotatable bonds is 3. The molecule has 0 bridgehead atoms. The summed E-state index contributed by atoms with van der Waals surface area (Å²) in [6.07, 6.45) is -6.13. The Morgan fingerprint density at radius 1 is 0.396 bits per heavy atom. The molecule has 0 radical (unpaired) electrons. The monoisotopic (exact) mass is 697 g/mol. The van der Waals surface area contributed by atoms with Gasteiger partial charge in [-0.3, -0.25) is 0 Å². The van der Waals surface area contributed by atoms with Crippen LogP contribution in [-0.2, 0) is 6.18 Å². The highest BCUT2D eigenvalue weighted by atomic mass is 19.4. The predicted octanol–water partition coefficient (Wildman–Crippen LogP) is 9.07. The molecule has 0 aromatic heterocycles. The quantitative estimate of drug-likeness (QED) is 0.119. The van der Waals surface area contributed by atoms with Gasteiger partial charge in [-0.05, 0) is 6.92 Å². The van der Waals surface area contributed by atoms with Crippen molar-refractivity contribution in [3.05, 3.63) is 120 Å². The molecular formula is C29H3F16N3. The van der Waals surface area contributed by atoms with Gasteiger partial charge in [0.2, 0.25) is 5.82 Å². The Morgan fingerprint density at radius 2 is 0.625 bits per heavy atom. The third-order valence-electron chi connectivity index (χ3n) is 6.76. The molecule has 3 aromatic carbocycles. The van der Waals surface area contributed by atoms with E-state index >= 15 is 0 Å². The third kappa shape index (κ3) is 4.92. The molecule has 1 fully saturated rings. The van der Waals surface area contributed by atoms with Crippen molar-refractivity contribution < 1.29 is 70.2 Å². The minimum atomic E-state index is -6.13. The van der Waals surface area contributed by atoms with Gasteiger partial charge in [-0.2, -0.15) is 29.0 Å². The molecule has 0 N–H and O–H groups in total. The van der Waals surface area contributed by atoms with Gasteiger partial charge in [0.05, 0.1) is 33.4 Å². The van der Waals surface area contributed by atoms with E-state index in [-0.39, 0.29) is 0 Å². The van der Waals surface area contributed by atoms with Crippen molar-refractivity contribution in [1.82, 2.24) is 0 Å². The number of benzene rings is 3. The maximum atomic E-state index is 15.0. The van der Waals surface area contributed by atoms with Gasteiger partial charge in [-0.25, -0.2) is 57.1 Å². The van der Waals surface area contributed by atoms with Gasteiger partial charge in [0.1, 0.15) is 23.8 Å². The number of nitriles is 3. The first-order valence-electron chi connectivity index (χ1n) is 11.9. The molecule has 3 nitrogen and oxygen atoms in total. The van der Waals surface area contributed by atoms with Gasteiger partial charge in [0.25, 0.3) is 0 Å². The molecule has 0 aliphatic heterocycles. The van der Waals surface area contributed by atoms with E-state index in [1.807, 2.05) is 0 Å². The van der Waals surface area contributed by atoms with Gasteiger partial charge < -0.3 is 0 Å². The van der Waals surface area contributed by atoms with Gasteiger partial charge in [-0.15, -0.1) is 0 Å². The zero-order valence-corrected chi connectivity index (χ0v) is 22.4. The van der Waals surface area contributed by atoms with Crippen LogP contribution < -0.4 is 0 Å². The molecule has 0 unspecified atom stereocenters. The van der Waals surface area contributed by atoms with E-state index in [9.17, 15) is 86.0 Å². The van der Waals surface area contributed by atoms with Crippen LogP contribution in [0, 0.1) is 117 Å². The number of nitrogens with zero attached hydrogens (tertiary/aromatic N) is 3. The minimum Gasteiger partial charge on any atom is -0.203 e. The molecule has 1 saturated carbocycles. The molecule has 1 aliphatic carbocycles. The molecule has 1 aliphatic rings. The minimum absolute atomic E-state index is 0.484. The Hall–Kier alpha value is -5.77. The standard InChI is InChI=1S/C29H3F16N3/c1-5-16(30)18(32)12(19(33)17(5)31)6(2-46)9-10(11(9)8(4-48)14-22(36)26(40)28(42)27(41)23(14)37)7(3-47)13-20(34)24(38)15(29(43,44)45)25(39)21(13)35/h1H3. The van der Waals surface area contributed by atoms with Crippen molar-refractivity contribution in [2.75, 3.05) is 0 Å². The van der Waals surface area contributed by atoms with Crippen LogP contribution in [0.1, 0.15) is 27.8 Å². The van der Waals surface area contributed by atoms with Crippen molar-refractivity contribution in [3.63, 3.8) is 0 Å². The summed E-state index contributed by atoms with van der Waals surface area (Å²) in [6.45, 7) is 0.484. The number of hydrogen-bond acceptors (Lipinski definition) is 3. The Kier molecular flexibility index (Phi) is 8.62. The van der Waals surface area contributed by atoms with Crippen molar-refractivity contribution >= 4 is 16.7 Å². The topological polar surface area (TPSA) is 71.4 Å². The normalized spacial score (nSPS) is 15.9. The first-order chi connectivity index (χ1) is 22.2. The van der Waals surface area contributed by atoms with Crippen LogP contribution in [0.2, 0.25) is 0 Å². The molecule has 0 amide bonds. The highest BCUT2D eigenvalue weighted by molar-refractivity contribution is 6.12. The fraction of sp³-hybridized carbons (Fsp3) is 0.0690. The smallest absolute Gasteiger partial charge is 0.203 e. The van der Waals surface area contributed by atoms with E-state index in [0.29, 0.717) is 6.92 Å². The summed E-state index contributed by atoms with van der Waals surface area (Å²) in [5, 5.41) is 29.1. The van der Waals surface area contributed by atoms with Crippen LogP contribution in [-0.4, -0.2) is 0 Å². The van der Waals surface area contributed by atoms with Crippen LogP contribution >= 0.6 is 0 Å². The van der Waals surface area contributed by atoms with E-state index < -0.39 is 143 Å². The van der Waals surface area contributed by atoms with Crippen LogP contribution in [0.3, 0.4) is 0 Å². The lowest BCUT2D eigenvalue weighted by molar-refractivity contribution is -0.143. The molecule has 19 heteroatoms. The Morgan fingerprint density at radius 3 is 0.875 bits per heavy atom. The molecule has 0 atom stereocenters. The summed E-state index contributed by atoms with van der Waals surface area (Å²) in [5.41, 5.74) is -21.7. The van der Waals surface area contributed by atoms with Crippen molar-refractivity contribution in [2.24, 2.45) is 0 Å². The lowest BCUT2D eigenvalue weighted by Gasteiger charge is -2.13. The lowest BCUT2D eigenvalue weighted by atomic mass is 9.98. The molecule has 4 rings (SSSR count). The first kappa shape index (κ1) is 35.1. The number of halogens is 16. The summed E-state index contributed by atoms with van der Waals surface area (Å²) >= 11 is 0. The van der Waals surface area contributed by atoms with Crippen molar-refractivity contribution in [1.29, 1.82) is 15.8 Å². The average Bonchev–Trinajstić information content (AvgIpc) is 3.75. The zero-order chi connectivity index (χ0) is 36.5. The average molecular weight is 697 g/mol. The molecular weight excluding hydrogens is 694 g/mol. The van der Waals surface area contributed by atoms with E-state index in [1.165, 1.54) is 0 Å². The summed E-state index contributed by atoms with van der Waals surface area (Å²) in [7, 11) is 0. The van der Waals surface area contributed by atoms with Crippen LogP contribution in [0.15, 0.2) is 16.7 Å². The Bertz CT molecular complexity index is 2050. The molecule has 0 spiro atoms. The Labute approximate surface area is 254 Å². The van der Waals surface area contributed by atoms with E-state index in [4.69, 9.17) is 0 Å². The molecule has 0 heterocycles. The lowest BCUT2D eigenvalue weighted by Crippen LogP contribution is -2.17. The number of allylic oxidation sites excluding steroid dienone is 6. The summed E-state index contributed by atoms with van der Waals surface area (Å²) in [4.78, 5) is 0. The SMILES string of the molecule is Cc1c(F)c(F)c(C(C#N)=C2C(=C(C#N)c3c(F)c(F)c(F)c(F)c3F)C2=C(C#N)c2c(F)c(F)c(C(F)(F)F)c(F)c2F)c(F)c1F. The van der Waals surface area contributed by atoms with Gasteiger partial charge in [-0.1, -0.05) is 0 Å². The second-order valence-electron chi connectivity index (χ2n) is 9.29. The molecule has 3 aromatic rings. The Balaban J connectivity index is 2.36. The highest BCUT2D eigenvalue weighted by Gasteiger charge is 2.48. The van der Waals surface area contributed by atoms with Crippen molar-refractivity contribution in [3.8, 4) is 18.2 Å². The van der Waals surface area contributed by atoms with Gasteiger partial charge in [0.15, 0.2) is 69.8 Å². The van der Waals surface area contributed by atoms with Crippen LogP contribution in [0.5, 0.6) is 0 Å². The van der Waals surface area contributed by atoms with E-state index in [0.717, 1.165) is 18.2 Å². The fourth-order valence-electron chi connectivity index (χ4n) is 4.53. The van der Waals surface area contributed by atoms with E-state index in [1.54, 1.807) is 0 Å². The number of hydrogen-bond donors (Lipinski definition) is 0. The maximum Gasteiger partial charge on any atom is 0.422 e. The van der Waals surface area contributed by atoms with Gasteiger partial charge in [0, 0.05) is 22.3 Å². The largest absolute Gasteiger partial charge is 0.422 e. The zero-order valence-electron chi connectivity index (χ0n) is 22.4. The molecule has 48 heavy (non-hydrogen) atoms. The second kappa shape index (κ2) is 11.8. The number of alkyl halides is 3. The van der Waals surface area contributed by atoms with Gasteiger partial charge >= 0.3 is 6.18 Å². The maximum absolute atomic E-state index is 15.0. The fourth-order valence-corrected chi connectivity index (χ4v) is 4.53. The highest BCUT2D eigenvalue weighted by Crippen LogP contribution is 2.57. The first-order valence-corrected chi connectivity index (χ1v) is 11.9.